The number of nitrogens with zero attached hydrogens (tertiary/aromatic N) is 1. The van der Waals surface area contributed by atoms with Crippen LogP contribution in [0, 0.1) is 11.7 Å². The SMILES string of the molecule is COC(=O)C(C)CN(Cc1ccc(F)cc1)C(=O)c1cccc(OC)c1. The largest absolute Gasteiger partial charge is 0.497 e. The molecule has 138 valence electrons. The summed E-state index contributed by atoms with van der Waals surface area (Å²) in [5.74, 6) is -0.910. The van der Waals surface area contributed by atoms with E-state index in [1.54, 1.807) is 48.2 Å². The van der Waals surface area contributed by atoms with E-state index >= 15 is 0 Å². The third-order valence-electron chi connectivity index (χ3n) is 3.99. The Labute approximate surface area is 152 Å². The molecule has 0 saturated carbocycles. The molecule has 0 aromatic heterocycles. The van der Waals surface area contributed by atoms with Crippen LogP contribution in [0.4, 0.5) is 4.39 Å². The van der Waals surface area contributed by atoms with E-state index in [-0.39, 0.29) is 24.8 Å². The molecule has 5 nitrogen and oxygen atoms in total. The minimum absolute atomic E-state index is 0.181. The fourth-order valence-electron chi connectivity index (χ4n) is 2.57. The summed E-state index contributed by atoms with van der Waals surface area (Å²) < 4.78 is 23.1. The van der Waals surface area contributed by atoms with Gasteiger partial charge in [0, 0.05) is 18.7 Å². The fraction of sp³-hybridized carbons (Fsp3) is 0.300. The Morgan fingerprint density at radius 1 is 1.12 bits per heavy atom. The second-order valence-electron chi connectivity index (χ2n) is 5.97. The van der Waals surface area contributed by atoms with Gasteiger partial charge in [-0.25, -0.2) is 4.39 Å². The quantitative estimate of drug-likeness (QED) is 0.712. The van der Waals surface area contributed by atoms with E-state index in [1.807, 2.05) is 0 Å². The van der Waals surface area contributed by atoms with Gasteiger partial charge >= 0.3 is 5.97 Å². The number of benzene rings is 2. The van der Waals surface area contributed by atoms with E-state index in [0.29, 0.717) is 11.3 Å². The molecule has 0 fully saturated rings. The number of amides is 1. The first-order valence-corrected chi connectivity index (χ1v) is 8.20. The van der Waals surface area contributed by atoms with Crippen molar-refractivity contribution in [1.82, 2.24) is 4.90 Å². The Morgan fingerprint density at radius 2 is 1.81 bits per heavy atom. The average Bonchev–Trinajstić information content (AvgIpc) is 2.67. The number of carbonyl (C=O) groups is 2. The molecule has 0 N–H and O–H groups in total. The van der Waals surface area contributed by atoms with Gasteiger partial charge in [-0.3, -0.25) is 9.59 Å². The lowest BCUT2D eigenvalue weighted by Crippen LogP contribution is -2.36. The van der Waals surface area contributed by atoms with Crippen molar-refractivity contribution < 1.29 is 23.5 Å². The van der Waals surface area contributed by atoms with Crippen LogP contribution in [-0.4, -0.2) is 37.5 Å². The van der Waals surface area contributed by atoms with Gasteiger partial charge in [0.05, 0.1) is 20.1 Å². The highest BCUT2D eigenvalue weighted by Gasteiger charge is 2.23. The number of carbonyl (C=O) groups excluding carboxylic acids is 2. The highest BCUT2D eigenvalue weighted by atomic mass is 19.1. The van der Waals surface area contributed by atoms with E-state index in [0.717, 1.165) is 5.56 Å². The van der Waals surface area contributed by atoms with Crippen molar-refractivity contribution in [2.24, 2.45) is 5.92 Å². The van der Waals surface area contributed by atoms with Crippen molar-refractivity contribution in [2.45, 2.75) is 13.5 Å². The predicted octanol–water partition coefficient (Wildman–Crippen LogP) is 3.29. The maximum Gasteiger partial charge on any atom is 0.310 e. The van der Waals surface area contributed by atoms with Crippen LogP contribution >= 0.6 is 0 Å². The van der Waals surface area contributed by atoms with Crippen molar-refractivity contribution in [2.75, 3.05) is 20.8 Å². The maximum absolute atomic E-state index is 13.1. The molecule has 0 saturated heterocycles. The van der Waals surface area contributed by atoms with Crippen molar-refractivity contribution in [1.29, 1.82) is 0 Å². The third-order valence-corrected chi connectivity index (χ3v) is 3.99. The molecule has 0 bridgehead atoms. The normalized spacial score (nSPS) is 11.5. The number of hydrogen-bond donors (Lipinski definition) is 0. The van der Waals surface area contributed by atoms with E-state index in [2.05, 4.69) is 0 Å². The molecule has 1 atom stereocenters. The zero-order valence-corrected chi connectivity index (χ0v) is 15.1. The summed E-state index contributed by atoms with van der Waals surface area (Å²) in [6.45, 7) is 2.13. The molecule has 0 heterocycles. The van der Waals surface area contributed by atoms with Crippen molar-refractivity contribution in [3.05, 3.63) is 65.5 Å². The molecule has 26 heavy (non-hydrogen) atoms. The van der Waals surface area contributed by atoms with Crippen LogP contribution in [0.2, 0.25) is 0 Å². The summed E-state index contributed by atoms with van der Waals surface area (Å²) in [7, 11) is 2.84. The van der Waals surface area contributed by atoms with Gasteiger partial charge in [0.2, 0.25) is 0 Å². The number of rotatable bonds is 7. The molecule has 0 radical (unpaired) electrons. The van der Waals surface area contributed by atoms with Crippen LogP contribution in [0.5, 0.6) is 5.75 Å². The lowest BCUT2D eigenvalue weighted by atomic mass is 10.1. The van der Waals surface area contributed by atoms with E-state index < -0.39 is 11.9 Å². The summed E-state index contributed by atoms with van der Waals surface area (Å²) in [5.41, 5.74) is 1.21. The van der Waals surface area contributed by atoms with Gasteiger partial charge < -0.3 is 14.4 Å². The molecule has 1 unspecified atom stereocenters. The number of hydrogen-bond acceptors (Lipinski definition) is 4. The Bertz CT molecular complexity index is 761. The summed E-state index contributed by atoms with van der Waals surface area (Å²) in [6, 6.07) is 12.7. The van der Waals surface area contributed by atoms with Gasteiger partial charge in [-0.15, -0.1) is 0 Å². The highest BCUT2D eigenvalue weighted by Crippen LogP contribution is 2.17. The molecule has 0 spiro atoms. The minimum atomic E-state index is -0.491. The summed E-state index contributed by atoms with van der Waals surface area (Å²) in [4.78, 5) is 26.3. The van der Waals surface area contributed by atoms with Crippen molar-refractivity contribution in [3.8, 4) is 5.75 Å². The van der Waals surface area contributed by atoms with Crippen molar-refractivity contribution in [3.63, 3.8) is 0 Å². The molecule has 0 aliphatic rings. The number of methoxy groups -OCH3 is 2. The lowest BCUT2D eigenvalue weighted by Gasteiger charge is -2.25. The molecule has 2 aromatic rings. The molecule has 6 heteroatoms. The standard InChI is InChI=1S/C20H22FNO4/c1-14(20(24)26-3)12-22(13-15-7-9-17(21)10-8-15)19(23)16-5-4-6-18(11-16)25-2/h4-11,14H,12-13H2,1-3H3. The van der Waals surface area contributed by atoms with E-state index in [9.17, 15) is 14.0 Å². The first-order valence-electron chi connectivity index (χ1n) is 8.20. The second kappa shape index (κ2) is 8.99. The first-order chi connectivity index (χ1) is 12.4. The molecular weight excluding hydrogens is 337 g/mol. The van der Waals surface area contributed by atoms with E-state index in [1.165, 1.54) is 26.4 Å². The zero-order chi connectivity index (χ0) is 19.1. The molecule has 2 rings (SSSR count). The third kappa shape index (κ3) is 5.05. The van der Waals surface area contributed by atoms with Crippen LogP contribution in [0.1, 0.15) is 22.8 Å². The summed E-state index contributed by atoms with van der Waals surface area (Å²) in [6.07, 6.45) is 0. The van der Waals surface area contributed by atoms with Gasteiger partial charge in [-0.2, -0.15) is 0 Å². The second-order valence-corrected chi connectivity index (χ2v) is 5.97. The average molecular weight is 359 g/mol. The minimum Gasteiger partial charge on any atom is -0.497 e. The highest BCUT2D eigenvalue weighted by molar-refractivity contribution is 5.94. The molecule has 1 amide bonds. The molecule has 2 aromatic carbocycles. The van der Waals surface area contributed by atoms with Crippen LogP contribution in [0.3, 0.4) is 0 Å². The smallest absolute Gasteiger partial charge is 0.310 e. The number of halogens is 1. The summed E-state index contributed by atoms with van der Waals surface area (Å²) in [5, 5.41) is 0. The van der Waals surface area contributed by atoms with Crippen LogP contribution in [-0.2, 0) is 16.1 Å². The Hall–Kier alpha value is -2.89. The lowest BCUT2D eigenvalue weighted by molar-refractivity contribution is -0.145. The predicted molar refractivity (Wildman–Crippen MR) is 95.3 cm³/mol. The van der Waals surface area contributed by atoms with Gasteiger partial charge in [0.25, 0.3) is 5.91 Å². The van der Waals surface area contributed by atoms with Gasteiger partial charge in [0.15, 0.2) is 0 Å². The van der Waals surface area contributed by atoms with Gasteiger partial charge in [-0.1, -0.05) is 25.1 Å². The van der Waals surface area contributed by atoms with Crippen LogP contribution < -0.4 is 4.74 Å². The first kappa shape index (κ1) is 19.4. The van der Waals surface area contributed by atoms with Crippen LogP contribution in [0.15, 0.2) is 48.5 Å². The Balaban J connectivity index is 2.27. The molecule has 0 aliphatic heterocycles. The topological polar surface area (TPSA) is 55.8 Å². The molecular formula is C20H22FNO4. The molecule has 0 aliphatic carbocycles. The summed E-state index contributed by atoms with van der Waals surface area (Å²) >= 11 is 0. The number of esters is 1. The zero-order valence-electron chi connectivity index (χ0n) is 15.1. The Kier molecular flexibility index (Phi) is 6.72. The Morgan fingerprint density at radius 3 is 2.42 bits per heavy atom. The fourth-order valence-corrected chi connectivity index (χ4v) is 2.57. The van der Waals surface area contributed by atoms with E-state index in [4.69, 9.17) is 9.47 Å². The number of ether oxygens (including phenoxy) is 2. The van der Waals surface area contributed by atoms with Crippen molar-refractivity contribution >= 4 is 11.9 Å². The van der Waals surface area contributed by atoms with Gasteiger partial charge in [-0.05, 0) is 35.9 Å². The van der Waals surface area contributed by atoms with Crippen LogP contribution in [0.25, 0.3) is 0 Å². The monoisotopic (exact) mass is 359 g/mol. The maximum atomic E-state index is 13.1. The van der Waals surface area contributed by atoms with Gasteiger partial charge in [0.1, 0.15) is 11.6 Å².